The van der Waals surface area contributed by atoms with E-state index >= 15 is 0 Å². The highest BCUT2D eigenvalue weighted by Gasteiger charge is 2.49. The maximum atomic E-state index is 13.5. The number of alkyl halides is 5. The number of benzene rings is 1. The van der Waals surface area contributed by atoms with Crippen molar-refractivity contribution in [1.29, 1.82) is 0 Å². The largest absolute Gasteiger partial charge is 0.416 e. The van der Waals surface area contributed by atoms with Gasteiger partial charge in [-0.3, -0.25) is 9.59 Å². The Morgan fingerprint density at radius 2 is 1.90 bits per heavy atom. The summed E-state index contributed by atoms with van der Waals surface area (Å²) in [6.45, 7) is 2.79. The number of aromatic amines is 1. The average Bonchev–Trinajstić information content (AvgIpc) is 3.48. The predicted molar refractivity (Wildman–Crippen MR) is 140 cm³/mol. The number of fused-ring (bicyclic) bond motifs is 1. The Kier molecular flexibility index (Phi) is 7.79. The van der Waals surface area contributed by atoms with E-state index in [0.717, 1.165) is 38.5 Å². The first-order chi connectivity index (χ1) is 19.6. The lowest BCUT2D eigenvalue weighted by atomic mass is 9.79. The summed E-state index contributed by atoms with van der Waals surface area (Å²) in [7, 11) is 0. The van der Waals surface area contributed by atoms with Gasteiger partial charge in [0.25, 0.3) is 5.91 Å². The minimum absolute atomic E-state index is 0.0383. The first-order valence-corrected chi connectivity index (χ1v) is 13.7. The van der Waals surface area contributed by atoms with Gasteiger partial charge in [0, 0.05) is 19.3 Å². The van der Waals surface area contributed by atoms with Crippen molar-refractivity contribution in [3.8, 4) is 0 Å². The van der Waals surface area contributed by atoms with E-state index in [-0.39, 0.29) is 54.4 Å². The molecule has 2 fully saturated rings. The summed E-state index contributed by atoms with van der Waals surface area (Å²) in [6, 6.07) is 3.88. The van der Waals surface area contributed by atoms with Crippen molar-refractivity contribution in [2.24, 2.45) is 11.8 Å². The number of rotatable bonds is 11. The quantitative estimate of drug-likeness (QED) is 0.244. The molecule has 2 aromatic heterocycles. The van der Waals surface area contributed by atoms with E-state index < -0.39 is 36.3 Å². The van der Waals surface area contributed by atoms with Crippen molar-refractivity contribution in [2.75, 3.05) is 6.61 Å². The summed E-state index contributed by atoms with van der Waals surface area (Å²) >= 11 is 0. The predicted octanol–water partition coefficient (Wildman–Crippen LogP) is 5.69. The Hall–Kier alpha value is -3.55. The summed E-state index contributed by atoms with van der Waals surface area (Å²) in [5, 5.41) is 9.31. The number of H-pyrrole nitrogens is 1. The highest BCUT2D eigenvalue weighted by molar-refractivity contribution is 5.95. The van der Waals surface area contributed by atoms with Gasteiger partial charge >= 0.3 is 6.18 Å². The van der Waals surface area contributed by atoms with E-state index in [1.165, 1.54) is 0 Å². The number of hydrogen-bond acceptors (Lipinski definition) is 6. The van der Waals surface area contributed by atoms with Gasteiger partial charge in [-0.25, -0.2) is 13.8 Å². The lowest BCUT2D eigenvalue weighted by molar-refractivity contribution is -0.265. The van der Waals surface area contributed by atoms with Crippen LogP contribution in [-0.2, 0) is 9.53 Å². The van der Waals surface area contributed by atoms with Crippen molar-refractivity contribution < 1.29 is 40.8 Å². The van der Waals surface area contributed by atoms with Crippen LogP contribution in [0.1, 0.15) is 85.5 Å². The van der Waals surface area contributed by atoms with Crippen LogP contribution in [0.15, 0.2) is 29.0 Å². The van der Waals surface area contributed by atoms with Crippen LogP contribution in [0.3, 0.4) is 0 Å². The third-order valence-electron chi connectivity index (χ3n) is 7.87. The van der Waals surface area contributed by atoms with E-state index in [4.69, 9.17) is 9.26 Å². The van der Waals surface area contributed by atoms with E-state index in [2.05, 4.69) is 25.8 Å². The molecule has 1 aromatic carbocycles. The molecule has 9 nitrogen and oxygen atoms in total. The van der Waals surface area contributed by atoms with Crippen LogP contribution in [0.5, 0.6) is 0 Å². The number of aromatic nitrogens is 3. The van der Waals surface area contributed by atoms with Crippen molar-refractivity contribution in [2.45, 2.75) is 82.7 Å². The molecule has 0 saturated heterocycles. The fourth-order valence-electron chi connectivity index (χ4n) is 5.04. The third-order valence-corrected chi connectivity index (χ3v) is 7.87. The number of carbonyl (C=O) groups is 2. The van der Waals surface area contributed by atoms with Gasteiger partial charge in [0.1, 0.15) is 23.7 Å². The number of carbonyl (C=O) groups excluding carboxylic acids is 2. The number of aryl methyl sites for hydroxylation is 1. The summed E-state index contributed by atoms with van der Waals surface area (Å²) in [5.74, 6) is -3.57. The van der Waals surface area contributed by atoms with Crippen molar-refractivity contribution in [1.82, 2.24) is 25.8 Å². The number of nitrogens with zero attached hydrogens (tertiary/aromatic N) is 2. The maximum Gasteiger partial charge on any atom is 0.416 e. The Morgan fingerprint density at radius 1 is 1.19 bits per heavy atom. The summed E-state index contributed by atoms with van der Waals surface area (Å²) in [5.41, 5.74) is -0.271. The second-order valence-corrected chi connectivity index (χ2v) is 11.8. The molecule has 14 heteroatoms. The smallest absolute Gasteiger partial charge is 0.364 e. The zero-order chi connectivity index (χ0) is 30.4. The van der Waals surface area contributed by atoms with Crippen LogP contribution in [-0.4, -0.2) is 51.2 Å². The minimum atomic E-state index is -4.66. The van der Waals surface area contributed by atoms with Gasteiger partial charge in [0.15, 0.2) is 5.60 Å². The van der Waals surface area contributed by atoms with Gasteiger partial charge in [0.05, 0.1) is 29.4 Å². The monoisotopic (exact) mass is 597 g/mol. The van der Waals surface area contributed by atoms with Gasteiger partial charge < -0.3 is 24.9 Å². The van der Waals surface area contributed by atoms with Crippen molar-refractivity contribution in [3.05, 3.63) is 47.1 Å². The van der Waals surface area contributed by atoms with E-state index in [0.29, 0.717) is 16.7 Å². The van der Waals surface area contributed by atoms with Gasteiger partial charge in [-0.1, -0.05) is 11.2 Å². The number of hydrogen-bond donors (Lipinski definition) is 3. The molecule has 0 bridgehead atoms. The number of halogens is 5. The normalized spacial score (nSPS) is 18.9. The fraction of sp³-hybridized carbons (Fsp3) is 0.571. The number of imidazole rings is 1. The molecule has 228 valence electrons. The molecule has 2 atom stereocenters. The van der Waals surface area contributed by atoms with E-state index in [1.807, 2.05) is 0 Å². The van der Waals surface area contributed by atoms with Crippen molar-refractivity contribution >= 4 is 22.8 Å². The molecule has 2 aliphatic rings. The minimum Gasteiger partial charge on any atom is -0.364 e. The molecular weight excluding hydrogens is 565 g/mol. The number of amides is 2. The first-order valence-electron chi connectivity index (χ1n) is 13.7. The van der Waals surface area contributed by atoms with Gasteiger partial charge in [0.2, 0.25) is 11.8 Å². The molecule has 2 amide bonds. The molecule has 0 spiro atoms. The third kappa shape index (κ3) is 6.58. The molecule has 0 aliphatic heterocycles. The van der Waals surface area contributed by atoms with Gasteiger partial charge in [-0.2, -0.15) is 13.2 Å². The average molecular weight is 598 g/mol. The Bertz CT molecular complexity index is 1450. The Labute approximate surface area is 237 Å². The second-order valence-electron chi connectivity index (χ2n) is 11.8. The standard InChI is InChI=1S/C28H32F5N5O4/c1-14-18(12-42-38-14)25(40)36-21(13-41-26(2,3)28(31,32)33)24-34-19-7-6-17(9-20(19)35-24)23(16-4-5-16)37-22(39)8-15-10-27(29,30)11-15/h6-7,9,12,15-16,21,23H,4-5,8,10-11,13H2,1-3H3,(H,34,35)(H,36,40)(H,37,39)/t21-,23+/m0/s1. The van der Waals surface area contributed by atoms with Crippen LogP contribution in [0, 0.1) is 18.8 Å². The molecule has 2 saturated carbocycles. The molecule has 5 rings (SSSR count). The lowest BCUT2D eigenvalue weighted by Crippen LogP contribution is -2.44. The van der Waals surface area contributed by atoms with Crippen LogP contribution in [0.4, 0.5) is 22.0 Å². The molecule has 2 aliphatic carbocycles. The molecule has 3 N–H and O–H groups in total. The van der Waals surface area contributed by atoms with Gasteiger partial charge in [-0.15, -0.1) is 0 Å². The first kappa shape index (κ1) is 29.9. The topological polar surface area (TPSA) is 122 Å². The molecule has 0 radical (unpaired) electrons. The fourth-order valence-corrected chi connectivity index (χ4v) is 5.04. The van der Waals surface area contributed by atoms with Crippen LogP contribution in [0.25, 0.3) is 11.0 Å². The maximum absolute atomic E-state index is 13.5. The molecular formula is C28H32F5N5O4. The highest BCUT2D eigenvalue weighted by atomic mass is 19.4. The summed E-state index contributed by atoms with van der Waals surface area (Å²) in [4.78, 5) is 33.1. The lowest BCUT2D eigenvalue weighted by Gasteiger charge is -2.34. The number of nitrogens with one attached hydrogen (secondary N) is 3. The van der Waals surface area contributed by atoms with E-state index in [1.54, 1.807) is 25.1 Å². The second kappa shape index (κ2) is 10.9. The van der Waals surface area contributed by atoms with Crippen LogP contribution in [0.2, 0.25) is 0 Å². The SMILES string of the molecule is Cc1nocc1C(=O)N[C@@H](COC(C)(C)C(F)(F)F)c1nc2ccc([C@H](NC(=O)CC3CC(F)(F)C3)C3CC3)cc2[nH]1. The van der Waals surface area contributed by atoms with Gasteiger partial charge in [-0.05, 0) is 63.1 Å². The zero-order valence-corrected chi connectivity index (χ0v) is 23.3. The highest BCUT2D eigenvalue weighted by Crippen LogP contribution is 2.45. The molecule has 0 unspecified atom stereocenters. The molecule has 42 heavy (non-hydrogen) atoms. The molecule has 2 heterocycles. The Morgan fingerprint density at radius 3 is 2.50 bits per heavy atom. The number of ether oxygens (including phenoxy) is 1. The summed E-state index contributed by atoms with van der Waals surface area (Å²) in [6.07, 6.45) is -2.24. The Balaban J connectivity index is 1.36. The summed E-state index contributed by atoms with van der Waals surface area (Å²) < 4.78 is 76.9. The van der Waals surface area contributed by atoms with E-state index in [9.17, 15) is 31.5 Å². The van der Waals surface area contributed by atoms with Crippen LogP contribution < -0.4 is 10.6 Å². The van der Waals surface area contributed by atoms with Crippen molar-refractivity contribution in [3.63, 3.8) is 0 Å². The molecule has 3 aromatic rings. The van der Waals surface area contributed by atoms with Crippen LogP contribution >= 0.6 is 0 Å². The zero-order valence-electron chi connectivity index (χ0n) is 23.3.